The lowest BCUT2D eigenvalue weighted by Gasteiger charge is -2.18. The van der Waals surface area contributed by atoms with Crippen LogP contribution in [0, 0.1) is 0 Å². The Morgan fingerprint density at radius 3 is 2.67 bits per heavy atom. The summed E-state index contributed by atoms with van der Waals surface area (Å²) in [6, 6.07) is 3.43. The standard InChI is InChI=1S/C10H14BrN3O/c1-7(10(15)14(2)3)13-9-5-4-8(11)6-12-9/h4-7H,1-3H3,(H,12,13)/t7-/m0/s1. The molecule has 1 aromatic rings. The first-order valence-corrected chi connectivity index (χ1v) is 5.39. The van der Waals surface area contributed by atoms with Gasteiger partial charge in [-0.2, -0.15) is 0 Å². The summed E-state index contributed by atoms with van der Waals surface area (Å²) in [6.45, 7) is 1.81. The molecule has 0 radical (unpaired) electrons. The van der Waals surface area contributed by atoms with Gasteiger partial charge < -0.3 is 10.2 Å². The third-order valence-electron chi connectivity index (χ3n) is 1.90. The van der Waals surface area contributed by atoms with Crippen LogP contribution < -0.4 is 5.32 Å². The zero-order chi connectivity index (χ0) is 11.4. The molecule has 15 heavy (non-hydrogen) atoms. The van der Waals surface area contributed by atoms with Gasteiger partial charge in [-0.25, -0.2) is 4.98 Å². The number of likely N-dealkylation sites (N-methyl/N-ethyl adjacent to an activating group) is 1. The molecule has 0 aromatic carbocycles. The number of nitrogens with zero attached hydrogens (tertiary/aromatic N) is 2. The maximum Gasteiger partial charge on any atom is 0.244 e. The number of anilines is 1. The van der Waals surface area contributed by atoms with Gasteiger partial charge in [-0.1, -0.05) is 0 Å². The van der Waals surface area contributed by atoms with Crippen LogP contribution in [0.2, 0.25) is 0 Å². The first-order valence-electron chi connectivity index (χ1n) is 4.60. The average molecular weight is 272 g/mol. The summed E-state index contributed by atoms with van der Waals surface area (Å²) in [4.78, 5) is 17.2. The second kappa shape index (κ2) is 5.11. The van der Waals surface area contributed by atoms with Crippen molar-refractivity contribution in [3.8, 4) is 0 Å². The predicted molar refractivity (Wildman–Crippen MR) is 63.7 cm³/mol. The fraction of sp³-hybridized carbons (Fsp3) is 0.400. The molecule has 0 aliphatic carbocycles. The second-order valence-corrected chi connectivity index (χ2v) is 4.38. The van der Waals surface area contributed by atoms with Gasteiger partial charge >= 0.3 is 0 Å². The van der Waals surface area contributed by atoms with Crippen LogP contribution >= 0.6 is 15.9 Å². The quantitative estimate of drug-likeness (QED) is 0.911. The number of nitrogens with one attached hydrogen (secondary N) is 1. The highest BCUT2D eigenvalue weighted by Crippen LogP contribution is 2.11. The number of aromatic nitrogens is 1. The van der Waals surface area contributed by atoms with Gasteiger partial charge in [0.05, 0.1) is 0 Å². The van der Waals surface area contributed by atoms with Gasteiger partial charge in [0.2, 0.25) is 5.91 Å². The van der Waals surface area contributed by atoms with E-state index in [4.69, 9.17) is 0 Å². The Labute approximate surface area is 97.8 Å². The molecule has 0 saturated carbocycles. The van der Waals surface area contributed by atoms with Gasteiger partial charge in [0.15, 0.2) is 0 Å². The van der Waals surface area contributed by atoms with Crippen LogP contribution in [-0.4, -0.2) is 35.9 Å². The summed E-state index contributed by atoms with van der Waals surface area (Å²) in [5.74, 6) is 0.723. The third-order valence-corrected chi connectivity index (χ3v) is 2.37. The molecule has 0 bridgehead atoms. The molecule has 0 aliphatic rings. The van der Waals surface area contributed by atoms with E-state index in [1.807, 2.05) is 19.1 Å². The van der Waals surface area contributed by atoms with Crippen LogP contribution in [0.3, 0.4) is 0 Å². The van der Waals surface area contributed by atoms with Crippen molar-refractivity contribution in [1.29, 1.82) is 0 Å². The molecule has 0 aliphatic heterocycles. The fourth-order valence-electron chi connectivity index (χ4n) is 1.13. The second-order valence-electron chi connectivity index (χ2n) is 3.46. The summed E-state index contributed by atoms with van der Waals surface area (Å²) in [5, 5.41) is 3.03. The minimum Gasteiger partial charge on any atom is -0.359 e. The Kier molecular flexibility index (Phi) is 4.08. The summed E-state index contributed by atoms with van der Waals surface area (Å²) >= 11 is 3.30. The number of hydrogen-bond donors (Lipinski definition) is 1. The molecule has 1 heterocycles. The van der Waals surface area contributed by atoms with E-state index < -0.39 is 0 Å². The van der Waals surface area contributed by atoms with E-state index >= 15 is 0 Å². The molecular weight excluding hydrogens is 258 g/mol. The van der Waals surface area contributed by atoms with Gasteiger partial charge in [-0.05, 0) is 35.0 Å². The van der Waals surface area contributed by atoms with Crippen LogP contribution in [0.25, 0.3) is 0 Å². The molecule has 4 nitrogen and oxygen atoms in total. The molecule has 82 valence electrons. The molecule has 1 rings (SSSR count). The van der Waals surface area contributed by atoms with Crippen LogP contribution in [0.1, 0.15) is 6.92 Å². The molecule has 0 saturated heterocycles. The summed E-state index contributed by atoms with van der Waals surface area (Å²) in [5.41, 5.74) is 0. The van der Waals surface area contributed by atoms with E-state index in [-0.39, 0.29) is 11.9 Å². The number of carbonyl (C=O) groups is 1. The van der Waals surface area contributed by atoms with Crippen molar-refractivity contribution in [3.05, 3.63) is 22.8 Å². The van der Waals surface area contributed by atoms with Gasteiger partial charge in [0, 0.05) is 24.8 Å². The SMILES string of the molecule is C[C@H](Nc1ccc(Br)cn1)C(=O)N(C)C. The summed E-state index contributed by atoms with van der Waals surface area (Å²) in [7, 11) is 3.46. The molecule has 1 atom stereocenters. The number of pyridine rings is 1. The maximum atomic E-state index is 11.5. The van der Waals surface area contributed by atoms with Crippen molar-refractivity contribution in [2.45, 2.75) is 13.0 Å². The Morgan fingerprint density at radius 1 is 1.53 bits per heavy atom. The highest BCUT2D eigenvalue weighted by molar-refractivity contribution is 9.10. The Bertz CT molecular complexity index is 337. The summed E-state index contributed by atoms with van der Waals surface area (Å²) in [6.07, 6.45) is 1.69. The first kappa shape index (κ1) is 12.0. The zero-order valence-corrected chi connectivity index (χ0v) is 10.6. The lowest BCUT2D eigenvalue weighted by atomic mass is 10.3. The highest BCUT2D eigenvalue weighted by Gasteiger charge is 2.14. The maximum absolute atomic E-state index is 11.5. The van der Waals surface area contributed by atoms with Crippen LogP contribution in [0.4, 0.5) is 5.82 Å². The first-order chi connectivity index (χ1) is 7.00. The van der Waals surface area contributed by atoms with Crippen LogP contribution in [0.5, 0.6) is 0 Å². The van der Waals surface area contributed by atoms with Crippen molar-refractivity contribution in [3.63, 3.8) is 0 Å². The Morgan fingerprint density at radius 2 is 2.20 bits per heavy atom. The van der Waals surface area contributed by atoms with E-state index in [0.29, 0.717) is 5.82 Å². The van der Waals surface area contributed by atoms with E-state index in [1.165, 1.54) is 0 Å². The molecule has 5 heteroatoms. The lowest BCUT2D eigenvalue weighted by Crippen LogP contribution is -2.36. The van der Waals surface area contributed by atoms with Crippen molar-refractivity contribution in [1.82, 2.24) is 9.88 Å². The Balaban J connectivity index is 2.62. The third kappa shape index (κ3) is 3.51. The average Bonchev–Trinajstić information content (AvgIpc) is 2.20. The van der Waals surface area contributed by atoms with E-state index in [9.17, 15) is 4.79 Å². The van der Waals surface area contributed by atoms with Gasteiger partial charge in [0.1, 0.15) is 11.9 Å². The van der Waals surface area contributed by atoms with E-state index in [2.05, 4.69) is 26.2 Å². The van der Waals surface area contributed by atoms with Gasteiger partial charge in [-0.15, -0.1) is 0 Å². The predicted octanol–water partition coefficient (Wildman–Crippen LogP) is 1.73. The zero-order valence-electron chi connectivity index (χ0n) is 8.99. The van der Waals surface area contributed by atoms with Crippen LogP contribution in [-0.2, 0) is 4.79 Å². The smallest absolute Gasteiger partial charge is 0.244 e. The van der Waals surface area contributed by atoms with Crippen molar-refractivity contribution in [2.24, 2.45) is 0 Å². The topological polar surface area (TPSA) is 45.2 Å². The largest absolute Gasteiger partial charge is 0.359 e. The van der Waals surface area contributed by atoms with Crippen molar-refractivity contribution >= 4 is 27.7 Å². The number of hydrogen-bond acceptors (Lipinski definition) is 3. The Hall–Kier alpha value is -1.10. The molecule has 1 amide bonds. The normalized spacial score (nSPS) is 12.0. The highest BCUT2D eigenvalue weighted by atomic mass is 79.9. The molecule has 1 N–H and O–H groups in total. The van der Waals surface area contributed by atoms with E-state index in [1.54, 1.807) is 25.2 Å². The van der Waals surface area contributed by atoms with Gasteiger partial charge in [-0.3, -0.25) is 4.79 Å². The minimum atomic E-state index is -0.270. The molecule has 1 aromatic heterocycles. The van der Waals surface area contributed by atoms with Gasteiger partial charge in [0.25, 0.3) is 0 Å². The number of rotatable bonds is 3. The van der Waals surface area contributed by atoms with Crippen molar-refractivity contribution in [2.75, 3.05) is 19.4 Å². The minimum absolute atomic E-state index is 0.0275. The van der Waals surface area contributed by atoms with E-state index in [0.717, 1.165) is 4.47 Å². The van der Waals surface area contributed by atoms with Crippen molar-refractivity contribution < 1.29 is 4.79 Å². The lowest BCUT2D eigenvalue weighted by molar-refractivity contribution is -0.129. The molecular formula is C10H14BrN3O. The number of halogens is 1. The number of carbonyl (C=O) groups excluding carboxylic acids is 1. The summed E-state index contributed by atoms with van der Waals surface area (Å²) < 4.78 is 0.916. The van der Waals surface area contributed by atoms with Crippen LogP contribution in [0.15, 0.2) is 22.8 Å². The monoisotopic (exact) mass is 271 g/mol. The molecule has 0 fully saturated rings. The molecule has 0 spiro atoms. The fourth-order valence-corrected chi connectivity index (χ4v) is 1.37. The molecule has 0 unspecified atom stereocenters. The number of amides is 1.